The monoisotopic (exact) mass is 442 g/mol. The summed E-state index contributed by atoms with van der Waals surface area (Å²) < 4.78 is 19.8. The Morgan fingerprint density at radius 1 is 1.26 bits per heavy atom. The molecule has 0 bridgehead atoms. The maximum atomic E-state index is 14.8. The summed E-state index contributed by atoms with van der Waals surface area (Å²) in [5.41, 5.74) is 1.75. The number of aromatic hydroxyl groups is 1. The van der Waals surface area contributed by atoms with Crippen molar-refractivity contribution >= 4 is 34.3 Å². The van der Waals surface area contributed by atoms with Crippen molar-refractivity contribution in [2.45, 2.75) is 20.3 Å². The lowest BCUT2D eigenvalue weighted by molar-refractivity contribution is 0.206. The molecule has 0 atom stereocenters. The zero-order valence-electron chi connectivity index (χ0n) is 17.0. The number of aliphatic imine (C=N–C) groups is 2. The van der Waals surface area contributed by atoms with Crippen molar-refractivity contribution in [1.29, 1.82) is 0 Å². The van der Waals surface area contributed by atoms with Crippen LogP contribution in [0.2, 0.25) is 0 Å². The number of carbonyl (C=O) groups is 1. The zero-order chi connectivity index (χ0) is 22.5. The van der Waals surface area contributed by atoms with E-state index in [9.17, 15) is 14.3 Å². The molecule has 0 spiro atoms. The van der Waals surface area contributed by atoms with Crippen LogP contribution < -0.4 is 0 Å². The first-order valence-corrected chi connectivity index (χ1v) is 10.4. The van der Waals surface area contributed by atoms with Crippen molar-refractivity contribution in [1.82, 2.24) is 10.1 Å². The van der Waals surface area contributed by atoms with E-state index in [1.54, 1.807) is 37.4 Å². The topological polar surface area (TPSA) is 121 Å². The molecule has 2 N–H and O–H groups in total. The lowest BCUT2D eigenvalue weighted by Gasteiger charge is -2.12. The number of halogens is 1. The summed E-state index contributed by atoms with van der Waals surface area (Å²) in [5.74, 6) is -0.597. The van der Waals surface area contributed by atoms with Gasteiger partial charge in [0.2, 0.25) is 11.7 Å². The standard InChI is InChI=1S/C21H19FN4O4S/c1-4-12-9-15(17(22)16(27)10-12)18(20(31-3)25-21(28)29)24-14-7-5-13(6-8-14)19-23-11(2)30-26-19/h5-10,27H,4H2,1-3H3,(H,28,29). The Morgan fingerprint density at radius 2 is 1.97 bits per heavy atom. The predicted octanol–water partition coefficient (Wildman–Crippen LogP) is 5.01. The van der Waals surface area contributed by atoms with E-state index in [2.05, 4.69) is 20.1 Å². The molecule has 10 heteroatoms. The van der Waals surface area contributed by atoms with E-state index in [-0.39, 0.29) is 16.3 Å². The molecule has 0 aliphatic carbocycles. The molecule has 1 heterocycles. The molecule has 2 aromatic carbocycles. The SMILES string of the molecule is CCc1cc(O)c(F)c(C(=Nc2ccc(-c3noc(C)n3)cc2)C(=NC(=O)O)SC)c1. The number of benzene rings is 2. The number of rotatable bonds is 5. The van der Waals surface area contributed by atoms with Crippen LogP contribution in [0.5, 0.6) is 5.75 Å². The van der Waals surface area contributed by atoms with Gasteiger partial charge in [-0.1, -0.05) is 12.1 Å². The minimum absolute atomic E-state index is 0.00107. The van der Waals surface area contributed by atoms with Crippen LogP contribution >= 0.6 is 11.8 Å². The van der Waals surface area contributed by atoms with Gasteiger partial charge in [-0.25, -0.2) is 14.2 Å². The van der Waals surface area contributed by atoms with Gasteiger partial charge in [0.15, 0.2) is 11.6 Å². The quantitative estimate of drug-likeness (QED) is 0.421. The van der Waals surface area contributed by atoms with Gasteiger partial charge in [0.25, 0.3) is 0 Å². The third kappa shape index (κ3) is 5.15. The second kappa shape index (κ2) is 9.52. The fraction of sp³-hybridized carbons (Fsp3) is 0.190. The van der Waals surface area contributed by atoms with E-state index in [0.717, 1.165) is 11.8 Å². The normalized spacial score (nSPS) is 12.3. The van der Waals surface area contributed by atoms with Gasteiger partial charge in [-0.2, -0.15) is 9.98 Å². The van der Waals surface area contributed by atoms with E-state index in [1.807, 2.05) is 6.92 Å². The van der Waals surface area contributed by atoms with Gasteiger partial charge in [0.1, 0.15) is 10.8 Å². The second-order valence-corrected chi connectivity index (χ2v) is 7.17. The summed E-state index contributed by atoms with van der Waals surface area (Å²) in [6, 6.07) is 9.58. The molecule has 1 amide bonds. The Hall–Kier alpha value is -3.53. The molecular weight excluding hydrogens is 423 g/mol. The van der Waals surface area contributed by atoms with Crippen LogP contribution in [0, 0.1) is 12.7 Å². The average Bonchev–Trinajstić information content (AvgIpc) is 3.19. The third-order valence-electron chi connectivity index (χ3n) is 4.26. The molecule has 0 unspecified atom stereocenters. The lowest BCUT2D eigenvalue weighted by atomic mass is 10.0. The van der Waals surface area contributed by atoms with Crippen LogP contribution in [0.4, 0.5) is 14.9 Å². The van der Waals surface area contributed by atoms with Crippen LogP contribution in [-0.2, 0) is 6.42 Å². The molecular formula is C21H19FN4O4S. The molecule has 31 heavy (non-hydrogen) atoms. The van der Waals surface area contributed by atoms with Crippen LogP contribution in [-0.4, -0.2) is 43.5 Å². The molecule has 0 aliphatic rings. The number of phenols is 1. The van der Waals surface area contributed by atoms with Crippen molar-refractivity contribution in [2.75, 3.05) is 6.26 Å². The maximum Gasteiger partial charge on any atom is 0.432 e. The van der Waals surface area contributed by atoms with Gasteiger partial charge in [-0.05, 0) is 54.6 Å². The van der Waals surface area contributed by atoms with Gasteiger partial charge in [-0.15, -0.1) is 11.8 Å². The third-order valence-corrected chi connectivity index (χ3v) is 4.93. The lowest BCUT2D eigenvalue weighted by Crippen LogP contribution is -2.16. The number of phenolic OH excluding ortho intramolecular Hbond substituents is 1. The van der Waals surface area contributed by atoms with Gasteiger partial charge in [-0.3, -0.25) is 0 Å². The fourth-order valence-corrected chi connectivity index (χ4v) is 3.30. The molecule has 1 aromatic heterocycles. The summed E-state index contributed by atoms with van der Waals surface area (Å²) in [7, 11) is 0. The molecule has 8 nitrogen and oxygen atoms in total. The molecule has 0 saturated heterocycles. The number of nitrogens with zero attached hydrogens (tertiary/aromatic N) is 4. The Kier molecular flexibility index (Phi) is 6.81. The van der Waals surface area contributed by atoms with E-state index in [1.165, 1.54) is 12.1 Å². The van der Waals surface area contributed by atoms with E-state index < -0.39 is 17.7 Å². The minimum atomic E-state index is -1.43. The Morgan fingerprint density at radius 3 is 2.52 bits per heavy atom. The largest absolute Gasteiger partial charge is 0.505 e. The Bertz CT molecular complexity index is 1170. The second-order valence-electron chi connectivity index (χ2n) is 6.38. The first-order valence-electron chi connectivity index (χ1n) is 9.19. The number of thioether (sulfide) groups is 1. The summed E-state index contributed by atoms with van der Waals surface area (Å²) >= 11 is 1.01. The highest BCUT2D eigenvalue weighted by Crippen LogP contribution is 2.27. The highest BCUT2D eigenvalue weighted by atomic mass is 32.2. The average molecular weight is 442 g/mol. The first kappa shape index (κ1) is 22.2. The van der Waals surface area contributed by atoms with Crippen LogP contribution in [0.1, 0.15) is 23.9 Å². The van der Waals surface area contributed by atoms with Crippen molar-refractivity contribution < 1.29 is 23.9 Å². The Labute approximate surface area is 181 Å². The summed E-state index contributed by atoms with van der Waals surface area (Å²) in [6.07, 6.45) is 0.717. The Balaban J connectivity index is 2.14. The van der Waals surface area contributed by atoms with Gasteiger partial charge in [0.05, 0.1) is 5.69 Å². The zero-order valence-corrected chi connectivity index (χ0v) is 17.8. The van der Waals surface area contributed by atoms with Crippen LogP contribution in [0.15, 0.2) is 50.9 Å². The number of hydrogen-bond acceptors (Lipinski definition) is 7. The van der Waals surface area contributed by atoms with Gasteiger partial charge < -0.3 is 14.7 Å². The summed E-state index contributed by atoms with van der Waals surface area (Å²) in [5, 5.41) is 23.0. The number of hydrogen-bond donors (Lipinski definition) is 2. The predicted molar refractivity (Wildman–Crippen MR) is 117 cm³/mol. The summed E-state index contributed by atoms with van der Waals surface area (Å²) in [6.45, 7) is 3.54. The number of amides is 1. The van der Waals surface area contributed by atoms with Crippen molar-refractivity contribution in [2.24, 2.45) is 9.98 Å². The smallest absolute Gasteiger partial charge is 0.432 e. The van der Waals surface area contributed by atoms with E-state index in [4.69, 9.17) is 9.63 Å². The molecule has 0 aliphatic heterocycles. The molecule has 3 rings (SSSR count). The first-order chi connectivity index (χ1) is 14.8. The van der Waals surface area contributed by atoms with Crippen molar-refractivity contribution in [3.05, 3.63) is 59.2 Å². The minimum Gasteiger partial charge on any atom is -0.505 e. The molecule has 0 saturated carbocycles. The molecule has 3 aromatic rings. The van der Waals surface area contributed by atoms with Gasteiger partial charge in [0, 0.05) is 18.1 Å². The highest BCUT2D eigenvalue weighted by molar-refractivity contribution is 8.15. The fourth-order valence-electron chi connectivity index (χ4n) is 2.78. The molecule has 160 valence electrons. The van der Waals surface area contributed by atoms with E-state index in [0.29, 0.717) is 35.0 Å². The molecule has 0 radical (unpaired) electrons. The number of aryl methyl sites for hydroxylation is 2. The molecule has 0 fully saturated rings. The van der Waals surface area contributed by atoms with Crippen LogP contribution in [0.25, 0.3) is 11.4 Å². The number of carboxylic acid groups (broad SMARTS) is 1. The highest BCUT2D eigenvalue weighted by Gasteiger charge is 2.21. The number of aromatic nitrogens is 2. The summed E-state index contributed by atoms with van der Waals surface area (Å²) in [4.78, 5) is 23.4. The van der Waals surface area contributed by atoms with Crippen molar-refractivity contribution in [3.63, 3.8) is 0 Å². The van der Waals surface area contributed by atoms with Crippen LogP contribution in [0.3, 0.4) is 0 Å². The van der Waals surface area contributed by atoms with E-state index >= 15 is 0 Å². The maximum absolute atomic E-state index is 14.8. The van der Waals surface area contributed by atoms with Gasteiger partial charge >= 0.3 is 6.09 Å². The van der Waals surface area contributed by atoms with Crippen molar-refractivity contribution in [3.8, 4) is 17.1 Å².